The second-order valence-corrected chi connectivity index (χ2v) is 5.09. The van der Waals surface area contributed by atoms with Crippen LogP contribution in [0.2, 0.25) is 0 Å². The van der Waals surface area contributed by atoms with Crippen LogP contribution in [0.25, 0.3) is 0 Å². The maximum atomic E-state index is 8.76. The molecule has 1 N–H and O–H groups in total. The van der Waals surface area contributed by atoms with Crippen molar-refractivity contribution >= 4 is 11.3 Å². The van der Waals surface area contributed by atoms with Crippen molar-refractivity contribution < 1.29 is 9.84 Å². The topological polar surface area (TPSA) is 32.7 Å². The Balaban J connectivity index is 1.80. The van der Waals surface area contributed by atoms with E-state index >= 15 is 0 Å². The Morgan fingerprint density at radius 1 is 1.50 bits per heavy atom. The lowest BCUT2D eigenvalue weighted by Crippen LogP contribution is -2.38. The van der Waals surface area contributed by atoms with E-state index in [0.717, 1.165) is 39.1 Å². The Hall–Kier alpha value is -0.420. The molecule has 1 aromatic rings. The van der Waals surface area contributed by atoms with Gasteiger partial charge in [0.2, 0.25) is 0 Å². The highest BCUT2D eigenvalue weighted by atomic mass is 32.1. The fourth-order valence-corrected chi connectivity index (χ4v) is 2.77. The molecule has 3 nitrogen and oxygen atoms in total. The molecule has 1 fully saturated rings. The van der Waals surface area contributed by atoms with Crippen molar-refractivity contribution in [3.63, 3.8) is 0 Å². The van der Waals surface area contributed by atoms with E-state index in [1.54, 1.807) is 11.3 Å². The number of unbranched alkanes of at least 4 members (excludes halogenated alkanes) is 1. The standard InChI is InChI=1S/C12H19NO2S/c14-7-2-1-5-13-6-8-15-11(10-13)12-4-3-9-16-12/h3-4,9,11,14H,1-2,5-8,10H2. The third-order valence-electron chi connectivity index (χ3n) is 2.89. The van der Waals surface area contributed by atoms with Gasteiger partial charge in [-0.1, -0.05) is 6.07 Å². The van der Waals surface area contributed by atoms with Crippen LogP contribution in [0, 0.1) is 0 Å². The van der Waals surface area contributed by atoms with E-state index < -0.39 is 0 Å². The average Bonchev–Trinajstić information content (AvgIpc) is 2.83. The molecule has 1 unspecified atom stereocenters. The second-order valence-electron chi connectivity index (χ2n) is 4.11. The summed E-state index contributed by atoms with van der Waals surface area (Å²) in [4.78, 5) is 3.76. The van der Waals surface area contributed by atoms with Gasteiger partial charge < -0.3 is 9.84 Å². The van der Waals surface area contributed by atoms with Gasteiger partial charge in [-0.3, -0.25) is 4.90 Å². The zero-order valence-electron chi connectivity index (χ0n) is 9.47. The van der Waals surface area contributed by atoms with Gasteiger partial charge in [-0.2, -0.15) is 0 Å². The van der Waals surface area contributed by atoms with Crippen LogP contribution in [0.1, 0.15) is 23.8 Å². The number of hydrogen-bond acceptors (Lipinski definition) is 4. The lowest BCUT2D eigenvalue weighted by Gasteiger charge is -2.32. The molecule has 1 saturated heterocycles. The summed E-state index contributed by atoms with van der Waals surface area (Å²) in [6.07, 6.45) is 2.23. The molecule has 1 atom stereocenters. The first-order valence-electron chi connectivity index (χ1n) is 5.88. The maximum absolute atomic E-state index is 8.76. The molecule has 0 aliphatic carbocycles. The summed E-state index contributed by atoms with van der Waals surface area (Å²) in [6, 6.07) is 4.22. The van der Waals surface area contributed by atoms with E-state index in [0.29, 0.717) is 6.61 Å². The molecule has 2 rings (SSSR count). The summed E-state index contributed by atoms with van der Waals surface area (Å²) in [6.45, 7) is 4.21. The van der Waals surface area contributed by atoms with E-state index in [-0.39, 0.29) is 6.10 Å². The zero-order chi connectivity index (χ0) is 11.2. The molecule has 1 aromatic heterocycles. The summed E-state index contributed by atoms with van der Waals surface area (Å²) >= 11 is 1.77. The second kappa shape index (κ2) is 6.35. The average molecular weight is 241 g/mol. The van der Waals surface area contributed by atoms with Gasteiger partial charge in [0.1, 0.15) is 6.10 Å². The predicted molar refractivity (Wildman–Crippen MR) is 65.8 cm³/mol. The van der Waals surface area contributed by atoms with Gasteiger partial charge in [-0.15, -0.1) is 11.3 Å². The molecule has 1 aliphatic rings. The maximum Gasteiger partial charge on any atom is 0.104 e. The number of thiophene rings is 1. The number of nitrogens with zero attached hydrogens (tertiary/aromatic N) is 1. The largest absolute Gasteiger partial charge is 0.396 e. The quantitative estimate of drug-likeness (QED) is 0.799. The molecule has 4 heteroatoms. The Morgan fingerprint density at radius 2 is 2.44 bits per heavy atom. The monoisotopic (exact) mass is 241 g/mol. The third kappa shape index (κ3) is 3.28. The van der Waals surface area contributed by atoms with Gasteiger partial charge in [0.15, 0.2) is 0 Å². The van der Waals surface area contributed by atoms with Crippen molar-refractivity contribution in [2.24, 2.45) is 0 Å². The van der Waals surface area contributed by atoms with Crippen LogP contribution in [-0.2, 0) is 4.74 Å². The zero-order valence-corrected chi connectivity index (χ0v) is 10.3. The number of aliphatic hydroxyl groups is 1. The number of aliphatic hydroxyl groups excluding tert-OH is 1. The molecule has 0 bridgehead atoms. The number of hydrogen-bond donors (Lipinski definition) is 1. The molecule has 0 radical (unpaired) electrons. The van der Waals surface area contributed by atoms with Crippen LogP contribution in [0.5, 0.6) is 0 Å². The van der Waals surface area contributed by atoms with Crippen molar-refractivity contribution in [3.05, 3.63) is 22.4 Å². The van der Waals surface area contributed by atoms with Crippen molar-refractivity contribution in [2.45, 2.75) is 18.9 Å². The van der Waals surface area contributed by atoms with E-state index in [1.165, 1.54) is 4.88 Å². The number of morpholine rings is 1. The van der Waals surface area contributed by atoms with Crippen molar-refractivity contribution in [1.82, 2.24) is 4.90 Å². The van der Waals surface area contributed by atoms with Crippen LogP contribution >= 0.6 is 11.3 Å². The fraction of sp³-hybridized carbons (Fsp3) is 0.667. The summed E-state index contributed by atoms with van der Waals surface area (Å²) in [7, 11) is 0. The predicted octanol–water partition coefficient (Wildman–Crippen LogP) is 1.89. The Kier molecular flexibility index (Phi) is 4.78. The van der Waals surface area contributed by atoms with Gasteiger partial charge in [0, 0.05) is 24.6 Å². The lowest BCUT2D eigenvalue weighted by molar-refractivity contribution is -0.0287. The summed E-state index contributed by atoms with van der Waals surface area (Å²) in [5.74, 6) is 0. The molecule has 0 saturated carbocycles. The summed E-state index contributed by atoms with van der Waals surface area (Å²) < 4.78 is 5.78. The van der Waals surface area contributed by atoms with Gasteiger partial charge in [0.25, 0.3) is 0 Å². The van der Waals surface area contributed by atoms with Crippen molar-refractivity contribution in [1.29, 1.82) is 0 Å². The van der Waals surface area contributed by atoms with Crippen LogP contribution in [0.3, 0.4) is 0 Å². The number of ether oxygens (including phenoxy) is 1. The van der Waals surface area contributed by atoms with Crippen LogP contribution in [-0.4, -0.2) is 42.9 Å². The van der Waals surface area contributed by atoms with Gasteiger partial charge >= 0.3 is 0 Å². The van der Waals surface area contributed by atoms with Gasteiger partial charge in [-0.05, 0) is 30.8 Å². The summed E-state index contributed by atoms with van der Waals surface area (Å²) in [5, 5.41) is 10.9. The highest BCUT2D eigenvalue weighted by molar-refractivity contribution is 7.10. The molecule has 90 valence electrons. The van der Waals surface area contributed by atoms with E-state index in [4.69, 9.17) is 9.84 Å². The van der Waals surface area contributed by atoms with Gasteiger partial charge in [0.05, 0.1) is 6.61 Å². The third-order valence-corrected chi connectivity index (χ3v) is 3.86. The van der Waals surface area contributed by atoms with Crippen LogP contribution in [0.15, 0.2) is 17.5 Å². The molecule has 0 aromatic carbocycles. The highest BCUT2D eigenvalue weighted by Crippen LogP contribution is 2.25. The van der Waals surface area contributed by atoms with Crippen LogP contribution in [0.4, 0.5) is 0 Å². The van der Waals surface area contributed by atoms with Crippen molar-refractivity contribution in [3.8, 4) is 0 Å². The molecule has 1 aliphatic heterocycles. The molecule has 0 spiro atoms. The first-order valence-corrected chi connectivity index (χ1v) is 6.76. The molecule has 16 heavy (non-hydrogen) atoms. The highest BCUT2D eigenvalue weighted by Gasteiger charge is 2.21. The minimum atomic E-state index is 0.253. The Bertz CT molecular complexity index is 289. The molecule has 2 heterocycles. The number of rotatable bonds is 5. The van der Waals surface area contributed by atoms with E-state index in [1.807, 2.05) is 0 Å². The smallest absolute Gasteiger partial charge is 0.104 e. The SMILES string of the molecule is OCCCCN1CCOC(c2cccs2)C1. The Labute approximate surface area is 101 Å². The van der Waals surface area contributed by atoms with Crippen LogP contribution < -0.4 is 0 Å². The van der Waals surface area contributed by atoms with Gasteiger partial charge in [-0.25, -0.2) is 0 Å². The normalized spacial score (nSPS) is 22.4. The summed E-state index contributed by atoms with van der Waals surface area (Å²) in [5.41, 5.74) is 0. The Morgan fingerprint density at radius 3 is 3.19 bits per heavy atom. The fourth-order valence-electron chi connectivity index (χ4n) is 2.00. The first-order chi connectivity index (χ1) is 7.90. The van der Waals surface area contributed by atoms with Crippen molar-refractivity contribution in [2.75, 3.05) is 32.8 Å². The van der Waals surface area contributed by atoms with E-state index in [2.05, 4.69) is 22.4 Å². The molecular formula is C12H19NO2S. The lowest BCUT2D eigenvalue weighted by atomic mass is 10.2. The minimum Gasteiger partial charge on any atom is -0.396 e. The van der Waals surface area contributed by atoms with E-state index in [9.17, 15) is 0 Å². The minimum absolute atomic E-state index is 0.253. The molecule has 0 amide bonds. The first kappa shape index (κ1) is 12.0. The molecular weight excluding hydrogens is 222 g/mol.